The third-order valence-electron chi connectivity index (χ3n) is 3.27. The molecule has 0 aliphatic carbocycles. The van der Waals surface area contributed by atoms with E-state index in [-0.39, 0.29) is 5.91 Å². The lowest BCUT2D eigenvalue weighted by Gasteiger charge is -2.33. The Morgan fingerprint density at radius 1 is 1.37 bits per heavy atom. The van der Waals surface area contributed by atoms with Gasteiger partial charge in [-0.05, 0) is 53.4 Å². The van der Waals surface area contributed by atoms with E-state index in [2.05, 4.69) is 15.9 Å². The van der Waals surface area contributed by atoms with Crippen LogP contribution in [0.5, 0.6) is 0 Å². The van der Waals surface area contributed by atoms with Crippen molar-refractivity contribution in [2.75, 3.05) is 12.3 Å². The second kappa shape index (κ2) is 5.61. The van der Waals surface area contributed by atoms with Crippen molar-refractivity contribution in [2.24, 2.45) is 0 Å². The number of anilines is 1. The maximum Gasteiger partial charge on any atom is 0.326 e. The highest BCUT2D eigenvalue weighted by Crippen LogP contribution is 2.25. The summed E-state index contributed by atoms with van der Waals surface area (Å²) in [5.41, 5.74) is 6.57. The molecular weight excluding hydrogens is 312 g/mol. The summed E-state index contributed by atoms with van der Waals surface area (Å²) in [4.78, 5) is 25.1. The maximum atomic E-state index is 12.5. The number of carbonyl (C=O) groups is 2. The zero-order chi connectivity index (χ0) is 14.0. The molecule has 0 spiro atoms. The molecule has 1 aliphatic rings. The molecule has 6 heteroatoms. The van der Waals surface area contributed by atoms with Crippen LogP contribution >= 0.6 is 15.9 Å². The van der Waals surface area contributed by atoms with Gasteiger partial charge >= 0.3 is 5.97 Å². The Morgan fingerprint density at radius 2 is 2.11 bits per heavy atom. The highest BCUT2D eigenvalue weighted by atomic mass is 79.9. The van der Waals surface area contributed by atoms with Crippen molar-refractivity contribution < 1.29 is 14.7 Å². The number of hydrogen-bond donors (Lipinski definition) is 2. The van der Waals surface area contributed by atoms with Gasteiger partial charge < -0.3 is 15.7 Å². The zero-order valence-electron chi connectivity index (χ0n) is 10.3. The molecule has 0 unspecified atom stereocenters. The molecule has 1 heterocycles. The minimum atomic E-state index is -0.951. The van der Waals surface area contributed by atoms with Crippen molar-refractivity contribution in [3.8, 4) is 0 Å². The Morgan fingerprint density at radius 3 is 2.79 bits per heavy atom. The van der Waals surface area contributed by atoms with Gasteiger partial charge in [0.05, 0.1) is 5.56 Å². The molecule has 3 N–H and O–H groups in total. The van der Waals surface area contributed by atoms with Gasteiger partial charge in [-0.3, -0.25) is 4.79 Å². The number of nitrogens with zero attached hydrogens (tertiary/aromatic N) is 1. The first-order chi connectivity index (χ1) is 9.00. The number of likely N-dealkylation sites (tertiary alicyclic amines) is 1. The second-order valence-corrected chi connectivity index (χ2v) is 5.44. The standard InChI is InChI=1S/C13H15BrN2O3/c14-10-5-4-8(15)7-9(10)12(17)16-6-2-1-3-11(16)13(18)19/h4-5,7,11H,1-3,6,15H2,(H,18,19)/t11-/m1/s1. The normalized spacial score (nSPS) is 19.2. The number of carboxylic acid groups (broad SMARTS) is 1. The topological polar surface area (TPSA) is 83.6 Å². The number of carboxylic acids is 1. The quantitative estimate of drug-likeness (QED) is 0.815. The molecule has 5 nitrogen and oxygen atoms in total. The number of amides is 1. The fraction of sp³-hybridized carbons (Fsp3) is 0.385. The van der Waals surface area contributed by atoms with Crippen LogP contribution in [-0.4, -0.2) is 34.5 Å². The van der Waals surface area contributed by atoms with Crippen LogP contribution < -0.4 is 5.73 Å². The summed E-state index contributed by atoms with van der Waals surface area (Å²) >= 11 is 3.30. The van der Waals surface area contributed by atoms with E-state index in [4.69, 9.17) is 5.73 Å². The summed E-state index contributed by atoms with van der Waals surface area (Å²) < 4.78 is 0.626. The van der Waals surface area contributed by atoms with E-state index in [0.29, 0.717) is 28.7 Å². The molecule has 19 heavy (non-hydrogen) atoms. The molecule has 1 aliphatic heterocycles. The van der Waals surface area contributed by atoms with Crippen molar-refractivity contribution in [3.05, 3.63) is 28.2 Å². The highest BCUT2D eigenvalue weighted by molar-refractivity contribution is 9.10. The fourth-order valence-electron chi connectivity index (χ4n) is 2.29. The lowest BCUT2D eigenvalue weighted by Crippen LogP contribution is -2.48. The second-order valence-electron chi connectivity index (χ2n) is 4.59. The summed E-state index contributed by atoms with van der Waals surface area (Å²) in [5.74, 6) is -1.24. The van der Waals surface area contributed by atoms with E-state index in [1.807, 2.05) is 0 Å². The number of piperidine rings is 1. The predicted octanol–water partition coefficient (Wildman–Crippen LogP) is 2.11. The highest BCUT2D eigenvalue weighted by Gasteiger charge is 2.33. The van der Waals surface area contributed by atoms with Crippen LogP contribution in [0.2, 0.25) is 0 Å². The van der Waals surface area contributed by atoms with Gasteiger partial charge in [-0.15, -0.1) is 0 Å². The van der Waals surface area contributed by atoms with Crippen molar-refractivity contribution in [2.45, 2.75) is 25.3 Å². The van der Waals surface area contributed by atoms with E-state index < -0.39 is 12.0 Å². The number of nitrogens with two attached hydrogens (primary N) is 1. The van der Waals surface area contributed by atoms with Crippen LogP contribution in [-0.2, 0) is 4.79 Å². The monoisotopic (exact) mass is 326 g/mol. The number of nitrogen functional groups attached to an aromatic ring is 1. The van der Waals surface area contributed by atoms with E-state index >= 15 is 0 Å². The van der Waals surface area contributed by atoms with Crippen LogP contribution in [0.1, 0.15) is 29.6 Å². The lowest BCUT2D eigenvalue weighted by molar-refractivity contribution is -0.143. The van der Waals surface area contributed by atoms with Gasteiger partial charge in [0.25, 0.3) is 5.91 Å². The van der Waals surface area contributed by atoms with Crippen molar-refractivity contribution in [1.82, 2.24) is 4.90 Å². The van der Waals surface area contributed by atoms with E-state index in [9.17, 15) is 14.7 Å². The lowest BCUT2D eigenvalue weighted by atomic mass is 10.0. The maximum absolute atomic E-state index is 12.5. The molecule has 0 bridgehead atoms. The van der Waals surface area contributed by atoms with Crippen LogP contribution in [0.25, 0.3) is 0 Å². The van der Waals surface area contributed by atoms with Crippen molar-refractivity contribution in [1.29, 1.82) is 0 Å². The minimum Gasteiger partial charge on any atom is -0.480 e. The van der Waals surface area contributed by atoms with Gasteiger partial charge in [-0.1, -0.05) is 0 Å². The molecule has 0 radical (unpaired) electrons. The molecule has 2 rings (SSSR count). The van der Waals surface area contributed by atoms with E-state index in [1.54, 1.807) is 18.2 Å². The Hall–Kier alpha value is -1.56. The van der Waals surface area contributed by atoms with Crippen LogP contribution in [0, 0.1) is 0 Å². The first-order valence-electron chi connectivity index (χ1n) is 6.09. The van der Waals surface area contributed by atoms with Crippen LogP contribution in [0.15, 0.2) is 22.7 Å². The molecule has 1 atom stereocenters. The molecule has 1 aromatic carbocycles. The van der Waals surface area contributed by atoms with E-state index in [1.165, 1.54) is 4.90 Å². The molecule has 0 saturated carbocycles. The fourth-order valence-corrected chi connectivity index (χ4v) is 2.71. The number of benzene rings is 1. The molecular formula is C13H15BrN2O3. The average molecular weight is 327 g/mol. The third-order valence-corrected chi connectivity index (χ3v) is 3.96. The SMILES string of the molecule is Nc1ccc(Br)c(C(=O)N2CCCC[C@@H]2C(=O)O)c1. The number of halogens is 1. The Balaban J connectivity index is 2.31. The molecule has 1 saturated heterocycles. The number of hydrogen-bond acceptors (Lipinski definition) is 3. The van der Waals surface area contributed by atoms with Gasteiger partial charge in [0.2, 0.25) is 0 Å². The zero-order valence-corrected chi connectivity index (χ0v) is 11.9. The largest absolute Gasteiger partial charge is 0.480 e. The van der Waals surface area contributed by atoms with Crippen LogP contribution in [0.4, 0.5) is 5.69 Å². The Bertz CT molecular complexity index is 519. The van der Waals surface area contributed by atoms with Crippen molar-refractivity contribution >= 4 is 33.5 Å². The molecule has 1 fully saturated rings. The number of rotatable bonds is 2. The first-order valence-corrected chi connectivity index (χ1v) is 6.89. The first kappa shape index (κ1) is 13.9. The van der Waals surface area contributed by atoms with Crippen LogP contribution in [0.3, 0.4) is 0 Å². The predicted molar refractivity (Wildman–Crippen MR) is 74.9 cm³/mol. The number of aliphatic carboxylic acids is 1. The summed E-state index contributed by atoms with van der Waals surface area (Å²) in [6, 6.07) is 4.21. The van der Waals surface area contributed by atoms with Crippen molar-refractivity contribution in [3.63, 3.8) is 0 Å². The minimum absolute atomic E-state index is 0.286. The van der Waals surface area contributed by atoms with Gasteiger partial charge in [-0.2, -0.15) is 0 Å². The summed E-state index contributed by atoms with van der Waals surface area (Å²) in [7, 11) is 0. The molecule has 1 aromatic rings. The van der Waals surface area contributed by atoms with E-state index in [0.717, 1.165) is 12.8 Å². The molecule has 1 amide bonds. The van der Waals surface area contributed by atoms with Gasteiger partial charge in [0.1, 0.15) is 6.04 Å². The number of carbonyl (C=O) groups excluding carboxylic acids is 1. The summed E-state index contributed by atoms with van der Waals surface area (Å²) in [6.45, 7) is 0.469. The Labute approximate surface area is 119 Å². The average Bonchev–Trinajstić information content (AvgIpc) is 2.40. The van der Waals surface area contributed by atoms with Gasteiger partial charge in [0, 0.05) is 16.7 Å². The molecule has 102 valence electrons. The third kappa shape index (κ3) is 2.89. The smallest absolute Gasteiger partial charge is 0.326 e. The molecule has 0 aromatic heterocycles. The summed E-state index contributed by atoms with van der Waals surface area (Å²) in [6.07, 6.45) is 2.16. The summed E-state index contributed by atoms with van der Waals surface area (Å²) in [5, 5.41) is 9.20. The van der Waals surface area contributed by atoms with Gasteiger partial charge in [0.15, 0.2) is 0 Å². The van der Waals surface area contributed by atoms with Gasteiger partial charge in [-0.25, -0.2) is 4.79 Å². The Kier molecular flexibility index (Phi) is 4.09.